The molecule has 1 fully saturated rings. The summed E-state index contributed by atoms with van der Waals surface area (Å²) in [6.07, 6.45) is 0. The Balaban J connectivity index is 1.79. The Bertz CT molecular complexity index is 409. The molecule has 0 atom stereocenters. The molecule has 0 aromatic heterocycles. The monoisotopic (exact) mass is 254 g/mol. The van der Waals surface area contributed by atoms with Gasteiger partial charge in [0.1, 0.15) is 0 Å². The molecule has 4 nitrogen and oxygen atoms in total. The van der Waals surface area contributed by atoms with E-state index in [1.165, 1.54) is 0 Å². The van der Waals surface area contributed by atoms with Gasteiger partial charge in [-0.3, -0.25) is 0 Å². The van der Waals surface area contributed by atoms with Crippen LogP contribution < -0.4 is 5.32 Å². The predicted octanol–water partition coefficient (Wildman–Crippen LogP) is 1.62. The second-order valence-corrected chi connectivity index (χ2v) is 5.07. The number of hydrogen-bond acceptors (Lipinski definition) is 2. The lowest BCUT2D eigenvalue weighted by atomic mass is 9.98. The average molecular weight is 255 g/mol. The van der Waals surface area contributed by atoms with Crippen molar-refractivity contribution >= 4 is 17.6 Å². The summed E-state index contributed by atoms with van der Waals surface area (Å²) in [5.41, 5.74) is 0.271. The van der Waals surface area contributed by atoms with E-state index in [1.807, 2.05) is 12.1 Å². The normalized spacial score (nSPS) is 17.5. The van der Waals surface area contributed by atoms with Crippen molar-refractivity contribution < 1.29 is 9.90 Å². The number of halogens is 1. The fraction of sp³-hybridized carbons (Fsp3) is 0.417. The molecule has 1 heterocycles. The van der Waals surface area contributed by atoms with Gasteiger partial charge in [-0.2, -0.15) is 0 Å². The van der Waals surface area contributed by atoms with Gasteiger partial charge in [-0.1, -0.05) is 23.7 Å². The van der Waals surface area contributed by atoms with E-state index in [2.05, 4.69) is 5.32 Å². The van der Waals surface area contributed by atoms with Crippen LogP contribution in [-0.2, 0) is 6.54 Å². The van der Waals surface area contributed by atoms with E-state index in [9.17, 15) is 9.90 Å². The van der Waals surface area contributed by atoms with Gasteiger partial charge in [-0.05, 0) is 24.6 Å². The van der Waals surface area contributed by atoms with Crippen molar-refractivity contribution in [3.05, 3.63) is 34.9 Å². The van der Waals surface area contributed by atoms with E-state index in [0.29, 0.717) is 24.7 Å². The zero-order chi connectivity index (χ0) is 12.5. The van der Waals surface area contributed by atoms with Crippen LogP contribution in [0.2, 0.25) is 5.02 Å². The van der Waals surface area contributed by atoms with Crippen LogP contribution in [-0.4, -0.2) is 34.7 Å². The molecule has 0 unspecified atom stereocenters. The summed E-state index contributed by atoms with van der Waals surface area (Å²) < 4.78 is 0. The van der Waals surface area contributed by atoms with Gasteiger partial charge < -0.3 is 15.3 Å². The first-order chi connectivity index (χ1) is 7.96. The van der Waals surface area contributed by atoms with Crippen molar-refractivity contribution in [2.45, 2.75) is 19.1 Å². The molecule has 2 N–H and O–H groups in total. The van der Waals surface area contributed by atoms with Crippen molar-refractivity contribution in [2.24, 2.45) is 0 Å². The lowest BCUT2D eigenvalue weighted by Gasteiger charge is -2.43. The number of benzene rings is 1. The number of rotatable bonds is 2. The lowest BCUT2D eigenvalue weighted by Crippen LogP contribution is -2.63. The topological polar surface area (TPSA) is 52.6 Å². The van der Waals surface area contributed by atoms with Gasteiger partial charge in [-0.25, -0.2) is 4.79 Å². The van der Waals surface area contributed by atoms with Crippen LogP contribution in [0.5, 0.6) is 0 Å². The Morgan fingerprint density at radius 2 is 2.06 bits per heavy atom. The second kappa shape index (κ2) is 4.55. The second-order valence-electron chi connectivity index (χ2n) is 4.64. The smallest absolute Gasteiger partial charge is 0.317 e. The molecule has 0 radical (unpaired) electrons. The molecule has 0 bridgehead atoms. The highest BCUT2D eigenvalue weighted by molar-refractivity contribution is 6.30. The van der Waals surface area contributed by atoms with Crippen molar-refractivity contribution in [3.63, 3.8) is 0 Å². The fourth-order valence-electron chi connectivity index (χ4n) is 1.81. The van der Waals surface area contributed by atoms with E-state index in [-0.39, 0.29) is 6.03 Å². The predicted molar refractivity (Wildman–Crippen MR) is 65.9 cm³/mol. The zero-order valence-electron chi connectivity index (χ0n) is 9.61. The molecule has 1 saturated heterocycles. The molecular formula is C12H15ClN2O2. The number of amides is 2. The first-order valence-corrected chi connectivity index (χ1v) is 5.84. The molecule has 1 aromatic rings. The highest BCUT2D eigenvalue weighted by Gasteiger charge is 2.39. The number of urea groups is 1. The average Bonchev–Trinajstić information content (AvgIpc) is 2.24. The third-order valence-corrected chi connectivity index (χ3v) is 2.96. The van der Waals surface area contributed by atoms with Gasteiger partial charge >= 0.3 is 6.03 Å². The Kier molecular flexibility index (Phi) is 3.26. The van der Waals surface area contributed by atoms with Gasteiger partial charge in [0.2, 0.25) is 0 Å². The summed E-state index contributed by atoms with van der Waals surface area (Å²) in [7, 11) is 0. The molecule has 2 rings (SSSR count). The van der Waals surface area contributed by atoms with Crippen LogP contribution in [0.15, 0.2) is 24.3 Å². The molecule has 0 spiro atoms. The van der Waals surface area contributed by atoms with E-state index < -0.39 is 5.60 Å². The van der Waals surface area contributed by atoms with Gasteiger partial charge in [0, 0.05) is 11.6 Å². The lowest BCUT2D eigenvalue weighted by molar-refractivity contribution is -0.0607. The summed E-state index contributed by atoms with van der Waals surface area (Å²) in [5.74, 6) is 0. The van der Waals surface area contributed by atoms with Crippen molar-refractivity contribution in [3.8, 4) is 0 Å². The summed E-state index contributed by atoms with van der Waals surface area (Å²) in [6, 6.07) is 7.17. The van der Waals surface area contributed by atoms with Crippen LogP contribution in [0, 0.1) is 0 Å². The molecule has 92 valence electrons. The van der Waals surface area contributed by atoms with Gasteiger partial charge in [0.05, 0.1) is 18.7 Å². The highest BCUT2D eigenvalue weighted by Crippen LogP contribution is 2.19. The molecule has 0 saturated carbocycles. The van der Waals surface area contributed by atoms with Gasteiger partial charge in [0.25, 0.3) is 0 Å². The largest absolute Gasteiger partial charge is 0.386 e. The Labute approximate surface area is 105 Å². The number of β-amino-alcohol motifs (C(OH)–C–C–N with tert-alkyl or cyclic N) is 1. The number of carbonyl (C=O) groups excluding carboxylic acids is 1. The van der Waals surface area contributed by atoms with Crippen molar-refractivity contribution in [1.82, 2.24) is 10.2 Å². The van der Waals surface area contributed by atoms with E-state index in [4.69, 9.17) is 11.6 Å². The number of nitrogens with one attached hydrogen (secondary N) is 1. The molecule has 5 heteroatoms. The molecule has 1 aromatic carbocycles. The number of carbonyl (C=O) groups is 1. The van der Waals surface area contributed by atoms with Crippen molar-refractivity contribution in [1.29, 1.82) is 0 Å². The van der Waals surface area contributed by atoms with E-state index >= 15 is 0 Å². The third kappa shape index (κ3) is 3.11. The maximum absolute atomic E-state index is 11.6. The highest BCUT2D eigenvalue weighted by atomic mass is 35.5. The summed E-state index contributed by atoms with van der Waals surface area (Å²) >= 11 is 5.76. The minimum absolute atomic E-state index is 0.147. The first-order valence-electron chi connectivity index (χ1n) is 5.46. The maximum atomic E-state index is 11.6. The van der Waals surface area contributed by atoms with Crippen LogP contribution in [0.3, 0.4) is 0 Å². The molecule has 17 heavy (non-hydrogen) atoms. The van der Waals surface area contributed by atoms with E-state index in [0.717, 1.165) is 5.56 Å². The van der Waals surface area contributed by atoms with Crippen molar-refractivity contribution in [2.75, 3.05) is 13.1 Å². The third-order valence-electron chi connectivity index (χ3n) is 2.71. The number of aliphatic hydroxyl groups is 1. The van der Waals surface area contributed by atoms with Crippen LogP contribution >= 0.6 is 11.6 Å². The van der Waals surface area contributed by atoms with Crippen LogP contribution in [0.1, 0.15) is 12.5 Å². The minimum Gasteiger partial charge on any atom is -0.386 e. The molecular weight excluding hydrogens is 240 g/mol. The first kappa shape index (κ1) is 12.2. The van der Waals surface area contributed by atoms with Crippen LogP contribution in [0.4, 0.5) is 4.79 Å². The maximum Gasteiger partial charge on any atom is 0.317 e. The number of nitrogens with zero attached hydrogens (tertiary/aromatic N) is 1. The molecule has 2 amide bonds. The Hall–Kier alpha value is -1.26. The van der Waals surface area contributed by atoms with E-state index in [1.54, 1.807) is 24.0 Å². The summed E-state index contributed by atoms with van der Waals surface area (Å²) in [5, 5.41) is 13.0. The number of hydrogen-bond donors (Lipinski definition) is 2. The summed E-state index contributed by atoms with van der Waals surface area (Å²) in [6.45, 7) is 2.96. The molecule has 1 aliphatic rings. The number of likely N-dealkylation sites (tertiary alicyclic amines) is 1. The van der Waals surface area contributed by atoms with Gasteiger partial charge in [0.15, 0.2) is 0 Å². The fourth-order valence-corrected chi connectivity index (χ4v) is 1.94. The van der Waals surface area contributed by atoms with Crippen LogP contribution in [0.25, 0.3) is 0 Å². The zero-order valence-corrected chi connectivity index (χ0v) is 10.4. The Morgan fingerprint density at radius 1 is 1.47 bits per heavy atom. The summed E-state index contributed by atoms with van der Waals surface area (Å²) in [4.78, 5) is 13.2. The SMILES string of the molecule is CC1(O)CN(C(=O)NCc2ccc(Cl)cc2)C1. The molecule has 0 aliphatic carbocycles. The standard InChI is InChI=1S/C12H15ClN2O2/c1-12(17)7-15(8-12)11(16)14-6-9-2-4-10(13)5-3-9/h2-5,17H,6-8H2,1H3,(H,14,16). The Morgan fingerprint density at radius 3 is 2.59 bits per heavy atom. The quantitative estimate of drug-likeness (QED) is 0.843. The van der Waals surface area contributed by atoms with Gasteiger partial charge in [-0.15, -0.1) is 0 Å². The minimum atomic E-state index is -0.725. The molecule has 1 aliphatic heterocycles.